The summed E-state index contributed by atoms with van der Waals surface area (Å²) in [4.78, 5) is 2.39. The number of hydrogen-bond donors (Lipinski definition) is 1. The summed E-state index contributed by atoms with van der Waals surface area (Å²) in [5.74, 6) is 0.625. The van der Waals surface area contributed by atoms with Crippen molar-refractivity contribution in [2.75, 3.05) is 20.2 Å². The fourth-order valence-corrected chi connectivity index (χ4v) is 4.63. The molecule has 1 aliphatic heterocycles. The molecule has 1 aromatic heterocycles. The highest BCUT2D eigenvalue weighted by Crippen LogP contribution is 2.49. The fraction of sp³-hybridized carbons (Fsp3) is 0.842. The van der Waals surface area contributed by atoms with E-state index in [2.05, 4.69) is 42.9 Å². The van der Waals surface area contributed by atoms with Gasteiger partial charge in [-0.3, -0.25) is 5.10 Å². The van der Waals surface area contributed by atoms with Gasteiger partial charge in [0.2, 0.25) is 0 Å². The summed E-state index contributed by atoms with van der Waals surface area (Å²) >= 11 is 0. The second kappa shape index (κ2) is 6.56. The average molecular weight is 319 g/mol. The van der Waals surface area contributed by atoms with Crippen LogP contribution in [0.1, 0.15) is 76.5 Å². The summed E-state index contributed by atoms with van der Waals surface area (Å²) in [6.45, 7) is 9.98. The average Bonchev–Trinajstić information content (AvgIpc) is 3.05. The number of ether oxygens (including phenoxy) is 1. The molecule has 0 bridgehead atoms. The predicted octanol–water partition coefficient (Wildman–Crippen LogP) is 4.09. The molecule has 1 N–H and O–H groups in total. The molecule has 0 unspecified atom stereocenters. The smallest absolute Gasteiger partial charge is 0.0689 e. The molecule has 1 aliphatic carbocycles. The van der Waals surface area contributed by atoms with Crippen LogP contribution < -0.4 is 0 Å². The minimum absolute atomic E-state index is 0.166. The molecule has 2 heterocycles. The van der Waals surface area contributed by atoms with Crippen molar-refractivity contribution < 1.29 is 4.74 Å². The molecule has 2 fully saturated rings. The van der Waals surface area contributed by atoms with Crippen LogP contribution in [0.4, 0.5) is 0 Å². The van der Waals surface area contributed by atoms with Gasteiger partial charge in [0.1, 0.15) is 0 Å². The molecule has 4 nitrogen and oxygen atoms in total. The van der Waals surface area contributed by atoms with E-state index in [0.717, 1.165) is 19.7 Å². The number of aromatic nitrogens is 2. The summed E-state index contributed by atoms with van der Waals surface area (Å²) < 4.78 is 6.26. The molecular weight excluding hydrogens is 286 g/mol. The molecule has 1 saturated carbocycles. The first-order valence-corrected chi connectivity index (χ1v) is 9.28. The van der Waals surface area contributed by atoms with Crippen molar-refractivity contribution in [3.8, 4) is 0 Å². The van der Waals surface area contributed by atoms with Crippen LogP contribution in [0.3, 0.4) is 0 Å². The Balaban J connectivity index is 1.61. The first-order valence-electron chi connectivity index (χ1n) is 9.28. The highest BCUT2D eigenvalue weighted by atomic mass is 16.5. The van der Waals surface area contributed by atoms with E-state index >= 15 is 0 Å². The number of aromatic amines is 1. The van der Waals surface area contributed by atoms with Crippen molar-refractivity contribution in [3.05, 3.63) is 17.5 Å². The maximum Gasteiger partial charge on any atom is 0.0689 e. The van der Waals surface area contributed by atoms with Crippen LogP contribution in [0.5, 0.6) is 0 Å². The van der Waals surface area contributed by atoms with Gasteiger partial charge in [0.15, 0.2) is 0 Å². The van der Waals surface area contributed by atoms with Crippen molar-refractivity contribution in [2.45, 2.75) is 77.4 Å². The van der Waals surface area contributed by atoms with Gasteiger partial charge in [0.05, 0.1) is 18.4 Å². The Morgan fingerprint density at radius 1 is 1.35 bits per heavy atom. The van der Waals surface area contributed by atoms with Gasteiger partial charge < -0.3 is 9.64 Å². The van der Waals surface area contributed by atoms with Crippen molar-refractivity contribution in [3.63, 3.8) is 0 Å². The lowest BCUT2D eigenvalue weighted by molar-refractivity contribution is -0.0296. The molecule has 130 valence electrons. The van der Waals surface area contributed by atoms with Crippen LogP contribution in [0.15, 0.2) is 6.20 Å². The standard InChI is InChI=1S/C19H33N3O/c1-5-10-22(4)12-16-11-20-21-17(16)15-6-8-19(9-7-15)13-18(2,3)14-23-19/h11,15H,5-10,12-14H2,1-4H3,(H,20,21). The fourth-order valence-electron chi connectivity index (χ4n) is 4.63. The second-order valence-corrected chi connectivity index (χ2v) is 8.63. The third-order valence-electron chi connectivity index (χ3n) is 5.67. The highest BCUT2D eigenvalue weighted by Gasteiger charge is 2.46. The zero-order valence-corrected chi connectivity index (χ0v) is 15.3. The van der Waals surface area contributed by atoms with Crippen molar-refractivity contribution in [1.82, 2.24) is 15.1 Å². The van der Waals surface area contributed by atoms with Crippen LogP contribution in [0, 0.1) is 5.41 Å². The van der Waals surface area contributed by atoms with Gasteiger partial charge in [0.25, 0.3) is 0 Å². The third-order valence-corrected chi connectivity index (χ3v) is 5.67. The number of H-pyrrole nitrogens is 1. The zero-order valence-electron chi connectivity index (χ0n) is 15.3. The quantitative estimate of drug-likeness (QED) is 0.888. The van der Waals surface area contributed by atoms with Crippen LogP contribution in [-0.2, 0) is 11.3 Å². The summed E-state index contributed by atoms with van der Waals surface area (Å²) in [5, 5.41) is 7.64. The van der Waals surface area contributed by atoms with E-state index in [0.29, 0.717) is 11.3 Å². The van der Waals surface area contributed by atoms with Gasteiger partial charge in [-0.05, 0) is 57.5 Å². The molecule has 0 amide bonds. The van der Waals surface area contributed by atoms with Crippen molar-refractivity contribution >= 4 is 0 Å². The van der Waals surface area contributed by atoms with Gasteiger partial charge in [-0.1, -0.05) is 20.8 Å². The minimum Gasteiger partial charge on any atom is -0.374 e. The SMILES string of the molecule is CCCN(C)Cc1cn[nH]c1C1CCC2(CC1)CC(C)(C)CO2. The number of nitrogens with zero attached hydrogens (tertiary/aromatic N) is 2. The Bertz CT molecular complexity index is 514. The largest absolute Gasteiger partial charge is 0.374 e. The Morgan fingerprint density at radius 3 is 2.70 bits per heavy atom. The summed E-state index contributed by atoms with van der Waals surface area (Å²) in [6.07, 6.45) is 9.30. The Hall–Kier alpha value is -0.870. The molecule has 0 atom stereocenters. The van der Waals surface area contributed by atoms with Gasteiger partial charge in [0, 0.05) is 23.7 Å². The zero-order chi connectivity index (χ0) is 16.5. The molecule has 4 heteroatoms. The lowest BCUT2D eigenvalue weighted by Gasteiger charge is -2.37. The lowest BCUT2D eigenvalue weighted by atomic mass is 9.72. The van der Waals surface area contributed by atoms with Crippen LogP contribution in [0.2, 0.25) is 0 Å². The number of hydrogen-bond acceptors (Lipinski definition) is 3. The summed E-state index contributed by atoms with van der Waals surface area (Å²) in [6, 6.07) is 0. The molecule has 1 aromatic rings. The second-order valence-electron chi connectivity index (χ2n) is 8.63. The molecule has 1 saturated heterocycles. The Morgan fingerprint density at radius 2 is 2.09 bits per heavy atom. The van der Waals surface area contributed by atoms with Crippen LogP contribution >= 0.6 is 0 Å². The Labute approximate surface area is 141 Å². The summed E-state index contributed by atoms with van der Waals surface area (Å²) in [5.41, 5.74) is 3.28. The highest BCUT2D eigenvalue weighted by molar-refractivity contribution is 5.21. The van der Waals surface area contributed by atoms with Crippen LogP contribution in [0.25, 0.3) is 0 Å². The third kappa shape index (κ3) is 3.80. The van der Waals surface area contributed by atoms with Crippen molar-refractivity contribution in [2.24, 2.45) is 5.41 Å². The summed E-state index contributed by atoms with van der Waals surface area (Å²) in [7, 11) is 2.20. The van der Waals surface area contributed by atoms with E-state index in [1.165, 1.54) is 49.8 Å². The van der Waals surface area contributed by atoms with Gasteiger partial charge in [-0.25, -0.2) is 0 Å². The van der Waals surface area contributed by atoms with E-state index in [4.69, 9.17) is 4.74 Å². The monoisotopic (exact) mass is 319 g/mol. The topological polar surface area (TPSA) is 41.2 Å². The van der Waals surface area contributed by atoms with Gasteiger partial charge in [-0.15, -0.1) is 0 Å². The molecule has 3 rings (SSSR count). The van der Waals surface area contributed by atoms with Crippen LogP contribution in [-0.4, -0.2) is 40.9 Å². The normalized spacial score (nSPS) is 30.4. The molecule has 23 heavy (non-hydrogen) atoms. The number of nitrogens with one attached hydrogen (secondary N) is 1. The maximum absolute atomic E-state index is 6.26. The molecule has 0 aromatic carbocycles. The minimum atomic E-state index is 0.166. The van der Waals surface area contributed by atoms with E-state index in [9.17, 15) is 0 Å². The predicted molar refractivity (Wildman–Crippen MR) is 93.5 cm³/mol. The van der Waals surface area contributed by atoms with E-state index < -0.39 is 0 Å². The molecule has 2 aliphatic rings. The Kier molecular flexibility index (Phi) is 4.84. The maximum atomic E-state index is 6.26. The van der Waals surface area contributed by atoms with Gasteiger partial charge in [-0.2, -0.15) is 5.10 Å². The van der Waals surface area contributed by atoms with E-state index in [1.807, 2.05) is 6.20 Å². The molecular formula is C19H33N3O. The van der Waals surface area contributed by atoms with E-state index in [1.54, 1.807) is 0 Å². The van der Waals surface area contributed by atoms with Crippen molar-refractivity contribution in [1.29, 1.82) is 0 Å². The van der Waals surface area contributed by atoms with E-state index in [-0.39, 0.29) is 5.60 Å². The molecule has 1 spiro atoms. The number of rotatable bonds is 5. The lowest BCUT2D eigenvalue weighted by Crippen LogP contribution is -2.33. The molecule has 0 radical (unpaired) electrons. The first-order chi connectivity index (χ1) is 10.9. The first kappa shape index (κ1) is 17.0. The van der Waals surface area contributed by atoms with Gasteiger partial charge >= 0.3 is 0 Å².